The third-order valence-corrected chi connectivity index (χ3v) is 12.8. The zero-order valence-corrected chi connectivity index (χ0v) is 40.2. The number of nitrogens with zero attached hydrogens (tertiary/aromatic N) is 2. The Balaban J connectivity index is 1.44. The van der Waals surface area contributed by atoms with Gasteiger partial charge in [0.15, 0.2) is 23.1 Å². The summed E-state index contributed by atoms with van der Waals surface area (Å²) in [6.45, 7) is 24.1. The SMILES string of the molecule is CC1CN(C(C)(C)C(=O)c2ccc(C(OC(c3ccc(C(=O)C(C)(C)N4CC(C)OC(C)C4)cc3)c3cccc(C(=O)C(C)(C)O)c3)c3cccc(C(=O)C(C)(C)O)c3)cc2)CC(C)O1. The molecule has 6 unspecified atom stereocenters. The maximum Gasteiger partial charge on any atom is 0.193 e. The van der Waals surface area contributed by atoms with Gasteiger partial charge in [-0.2, -0.15) is 0 Å². The third-order valence-electron chi connectivity index (χ3n) is 12.8. The molecule has 65 heavy (non-hydrogen) atoms. The fourth-order valence-electron chi connectivity index (χ4n) is 9.11. The van der Waals surface area contributed by atoms with Gasteiger partial charge >= 0.3 is 0 Å². The van der Waals surface area contributed by atoms with Crippen molar-refractivity contribution in [1.82, 2.24) is 9.80 Å². The molecule has 11 heteroatoms. The van der Waals surface area contributed by atoms with Crippen LogP contribution in [-0.2, 0) is 14.2 Å². The van der Waals surface area contributed by atoms with Crippen LogP contribution in [0, 0.1) is 0 Å². The molecule has 0 saturated carbocycles. The summed E-state index contributed by atoms with van der Waals surface area (Å²) < 4.78 is 19.2. The number of ketones is 4. The second-order valence-electron chi connectivity index (χ2n) is 20.3. The molecule has 2 N–H and O–H groups in total. The molecule has 2 aliphatic heterocycles. The first-order valence-corrected chi connectivity index (χ1v) is 22.8. The highest BCUT2D eigenvalue weighted by atomic mass is 16.5. The van der Waals surface area contributed by atoms with Crippen LogP contribution in [0.5, 0.6) is 0 Å². The first-order valence-electron chi connectivity index (χ1n) is 22.8. The molecule has 2 fully saturated rings. The highest BCUT2D eigenvalue weighted by Gasteiger charge is 2.41. The van der Waals surface area contributed by atoms with Gasteiger partial charge in [-0.15, -0.1) is 0 Å². The predicted molar refractivity (Wildman–Crippen MR) is 252 cm³/mol. The monoisotopic (exact) mass is 888 g/mol. The second kappa shape index (κ2) is 19.2. The molecular weight excluding hydrogens is 821 g/mol. The van der Waals surface area contributed by atoms with Crippen molar-refractivity contribution in [3.8, 4) is 0 Å². The minimum atomic E-state index is -1.64. The summed E-state index contributed by atoms with van der Waals surface area (Å²) in [5, 5.41) is 21.5. The number of morpholine rings is 2. The molecular formula is C54H68N2O9. The van der Waals surface area contributed by atoms with E-state index in [0.717, 1.165) is 0 Å². The normalized spacial score (nSPS) is 21.4. The Morgan fingerprint density at radius 1 is 0.477 bits per heavy atom. The van der Waals surface area contributed by atoms with Crippen molar-refractivity contribution in [2.24, 2.45) is 0 Å². The van der Waals surface area contributed by atoms with Gasteiger partial charge in [0, 0.05) is 48.4 Å². The average molecular weight is 889 g/mol. The van der Waals surface area contributed by atoms with Crippen molar-refractivity contribution in [2.45, 2.75) is 142 Å². The van der Waals surface area contributed by atoms with E-state index in [9.17, 15) is 29.4 Å². The van der Waals surface area contributed by atoms with Gasteiger partial charge in [0.05, 0.1) is 35.5 Å². The van der Waals surface area contributed by atoms with Gasteiger partial charge in [-0.3, -0.25) is 29.0 Å². The third kappa shape index (κ3) is 11.3. The molecule has 2 heterocycles. The van der Waals surface area contributed by atoms with Crippen LogP contribution in [0.15, 0.2) is 97.1 Å². The van der Waals surface area contributed by atoms with Gasteiger partial charge in [0.1, 0.15) is 23.4 Å². The highest BCUT2D eigenvalue weighted by molar-refractivity contribution is 6.04. The van der Waals surface area contributed by atoms with E-state index in [-0.39, 0.29) is 47.1 Å². The minimum absolute atomic E-state index is 0.0153. The molecule has 0 spiro atoms. The molecule has 6 atom stereocenters. The summed E-state index contributed by atoms with van der Waals surface area (Å²) in [5.41, 5.74) is -0.716. The first kappa shape index (κ1) is 49.7. The number of carbonyl (C=O) groups is 4. The fraction of sp³-hybridized carbons (Fsp3) is 0.481. The summed E-state index contributed by atoms with van der Waals surface area (Å²) in [6.07, 6.45) is -1.77. The lowest BCUT2D eigenvalue weighted by molar-refractivity contribution is -0.0889. The first-order chi connectivity index (χ1) is 30.3. The Morgan fingerprint density at radius 2 is 0.785 bits per heavy atom. The van der Waals surface area contributed by atoms with E-state index in [2.05, 4.69) is 9.80 Å². The van der Waals surface area contributed by atoms with Crippen LogP contribution in [0.25, 0.3) is 0 Å². The van der Waals surface area contributed by atoms with Gasteiger partial charge in [-0.1, -0.05) is 84.9 Å². The van der Waals surface area contributed by atoms with Crippen molar-refractivity contribution in [2.75, 3.05) is 26.2 Å². The van der Waals surface area contributed by atoms with Crippen LogP contribution in [0.3, 0.4) is 0 Å². The lowest BCUT2D eigenvalue weighted by Crippen LogP contribution is -2.58. The Bertz CT molecular complexity index is 2170. The van der Waals surface area contributed by atoms with Crippen LogP contribution in [0.1, 0.15) is 159 Å². The summed E-state index contributed by atoms with van der Waals surface area (Å²) in [5.74, 6) is -1.01. The largest absolute Gasteiger partial charge is 0.382 e. The molecule has 4 aromatic rings. The Hall–Kier alpha value is -4.72. The van der Waals surface area contributed by atoms with Gasteiger partial charge in [-0.25, -0.2) is 0 Å². The molecule has 11 nitrogen and oxygen atoms in total. The molecule has 348 valence electrons. The van der Waals surface area contributed by atoms with Crippen molar-refractivity contribution in [3.63, 3.8) is 0 Å². The maximum absolute atomic E-state index is 14.3. The highest BCUT2D eigenvalue weighted by Crippen LogP contribution is 2.38. The minimum Gasteiger partial charge on any atom is -0.382 e. The van der Waals surface area contributed by atoms with E-state index >= 15 is 0 Å². The average Bonchev–Trinajstić information content (AvgIpc) is 3.24. The summed E-state index contributed by atoms with van der Waals surface area (Å²) in [7, 11) is 0. The van der Waals surface area contributed by atoms with E-state index in [1.165, 1.54) is 27.7 Å². The van der Waals surface area contributed by atoms with E-state index < -0.39 is 46.1 Å². The fourth-order valence-corrected chi connectivity index (χ4v) is 9.11. The molecule has 0 bridgehead atoms. The molecule has 0 radical (unpaired) electrons. The number of ether oxygens (including phenoxy) is 3. The molecule has 4 aromatic carbocycles. The predicted octanol–water partition coefficient (Wildman–Crippen LogP) is 8.63. The smallest absolute Gasteiger partial charge is 0.193 e. The topological polar surface area (TPSA) is 143 Å². The van der Waals surface area contributed by atoms with Gasteiger partial charge in [0.25, 0.3) is 0 Å². The van der Waals surface area contributed by atoms with Gasteiger partial charge < -0.3 is 24.4 Å². The van der Waals surface area contributed by atoms with Crippen LogP contribution in [0.2, 0.25) is 0 Å². The standard InChI is InChI=1S/C54H68N2O9/c1-33-29-55(30-34(2)63-33)51(5,6)47(57)39-23-19-37(20-24-39)45(41-15-13-17-43(27-41)49(59)53(9,10)61)65-46(42-16-14-18-44(28-42)50(60)54(11,12)62)38-21-25-40(26-22-38)48(58)52(7,8)56-31-35(3)64-36(4)32-56/h13-28,33-36,45-46,61-62H,29-32H2,1-12H3. The quantitative estimate of drug-likeness (QED) is 0.104. The molecule has 2 saturated heterocycles. The van der Waals surface area contributed by atoms with Crippen LogP contribution >= 0.6 is 0 Å². The van der Waals surface area contributed by atoms with Crippen molar-refractivity contribution >= 4 is 23.1 Å². The lowest BCUT2D eigenvalue weighted by Gasteiger charge is -2.44. The number of hydrogen-bond donors (Lipinski definition) is 2. The number of Topliss-reactive ketones (excluding diaryl/α,β-unsaturated/α-hetero) is 4. The molecule has 6 rings (SSSR count). The molecule has 0 aromatic heterocycles. The maximum atomic E-state index is 14.3. The molecule has 0 aliphatic carbocycles. The van der Waals surface area contributed by atoms with Gasteiger partial charge in [0.2, 0.25) is 0 Å². The van der Waals surface area contributed by atoms with E-state index in [1.54, 1.807) is 60.7 Å². The Kier molecular flexibility index (Phi) is 14.7. The number of benzene rings is 4. The number of hydrogen-bond acceptors (Lipinski definition) is 11. The molecule has 0 amide bonds. The summed E-state index contributed by atoms with van der Waals surface area (Å²) in [6, 6.07) is 28.5. The van der Waals surface area contributed by atoms with E-state index in [0.29, 0.717) is 59.6 Å². The van der Waals surface area contributed by atoms with E-state index in [4.69, 9.17) is 14.2 Å². The van der Waals surface area contributed by atoms with Crippen LogP contribution < -0.4 is 0 Å². The zero-order valence-electron chi connectivity index (χ0n) is 40.2. The Morgan fingerprint density at radius 3 is 1.08 bits per heavy atom. The lowest BCUT2D eigenvalue weighted by atomic mass is 9.88. The van der Waals surface area contributed by atoms with Crippen LogP contribution in [-0.4, -0.2) is 116 Å². The second-order valence-corrected chi connectivity index (χ2v) is 20.3. The molecule has 2 aliphatic rings. The van der Waals surface area contributed by atoms with Crippen molar-refractivity contribution in [1.29, 1.82) is 0 Å². The zero-order chi connectivity index (χ0) is 47.8. The number of rotatable bonds is 16. The van der Waals surface area contributed by atoms with E-state index in [1.807, 2.05) is 91.8 Å². The number of aliphatic hydroxyl groups is 2. The van der Waals surface area contributed by atoms with Crippen LogP contribution in [0.4, 0.5) is 0 Å². The summed E-state index contributed by atoms with van der Waals surface area (Å²) in [4.78, 5) is 59.8. The van der Waals surface area contributed by atoms with Crippen molar-refractivity contribution in [3.05, 3.63) is 142 Å². The number of carbonyl (C=O) groups excluding carboxylic acids is 4. The van der Waals surface area contributed by atoms with Crippen molar-refractivity contribution < 1.29 is 43.6 Å². The Labute approximate surface area is 385 Å². The summed E-state index contributed by atoms with van der Waals surface area (Å²) >= 11 is 0. The van der Waals surface area contributed by atoms with Gasteiger partial charge in [-0.05, 0) is 117 Å².